The maximum atomic E-state index is 13.2. The average Bonchev–Trinajstić information content (AvgIpc) is 3.75. The number of hydrogen-bond acceptors (Lipinski definition) is 9. The molecule has 2 bridgehead atoms. The number of aliphatic hydroxyl groups excluding tert-OH is 1. The van der Waals surface area contributed by atoms with Crippen molar-refractivity contribution in [2.45, 2.75) is 61.2 Å². The van der Waals surface area contributed by atoms with Crippen molar-refractivity contribution in [3.63, 3.8) is 0 Å². The number of pyridine rings is 1. The number of nitrogens with zero attached hydrogens (tertiary/aromatic N) is 4. The molecule has 3 atom stereocenters. The van der Waals surface area contributed by atoms with E-state index in [2.05, 4.69) is 26.6 Å². The summed E-state index contributed by atoms with van der Waals surface area (Å²) in [5, 5.41) is 18.9. The van der Waals surface area contributed by atoms with Crippen molar-refractivity contribution in [1.82, 2.24) is 14.5 Å². The molecule has 0 radical (unpaired) electrons. The van der Waals surface area contributed by atoms with Gasteiger partial charge in [-0.1, -0.05) is 11.6 Å². The predicted molar refractivity (Wildman–Crippen MR) is 151 cm³/mol. The number of ether oxygens (including phenoxy) is 1. The van der Waals surface area contributed by atoms with Gasteiger partial charge in [0.2, 0.25) is 5.95 Å². The molecule has 1 saturated carbocycles. The third kappa shape index (κ3) is 4.31. The fourth-order valence-corrected chi connectivity index (χ4v) is 7.48. The number of anilines is 4. The van der Waals surface area contributed by atoms with Crippen LogP contribution in [0.25, 0.3) is 10.9 Å². The van der Waals surface area contributed by atoms with Crippen molar-refractivity contribution in [1.29, 1.82) is 0 Å². The van der Waals surface area contributed by atoms with Crippen molar-refractivity contribution in [3.8, 4) is 0 Å². The molecule has 1 aliphatic carbocycles. The number of aromatic nitrogens is 3. The number of thioether (sulfide) groups is 1. The number of hydrogen-bond donors (Lipinski definition) is 3. The molecule has 2 saturated heterocycles. The van der Waals surface area contributed by atoms with E-state index in [0.29, 0.717) is 54.8 Å². The minimum Gasteiger partial charge on any atom is -0.393 e. The van der Waals surface area contributed by atoms with Gasteiger partial charge in [-0.05, 0) is 56.2 Å². The van der Waals surface area contributed by atoms with E-state index in [9.17, 15) is 9.90 Å². The molecule has 5 heterocycles. The second-order valence-corrected chi connectivity index (χ2v) is 12.4. The van der Waals surface area contributed by atoms with Gasteiger partial charge in [-0.3, -0.25) is 4.79 Å². The Morgan fingerprint density at radius 3 is 2.76 bits per heavy atom. The van der Waals surface area contributed by atoms with Crippen LogP contribution in [0.2, 0.25) is 5.02 Å². The molecule has 200 valence electrons. The molecule has 0 amide bonds. The van der Waals surface area contributed by atoms with E-state index in [1.807, 2.05) is 19.2 Å². The summed E-state index contributed by atoms with van der Waals surface area (Å²) in [4.78, 5) is 25.5. The number of nitrogens with one attached hydrogen (secondary N) is 2. The average molecular weight is 555 g/mol. The number of fused-ring (bicyclic) bond motifs is 5. The fourth-order valence-electron chi connectivity index (χ4n) is 6.19. The van der Waals surface area contributed by atoms with Crippen LogP contribution in [0.15, 0.2) is 34.1 Å². The summed E-state index contributed by atoms with van der Waals surface area (Å²) >= 11 is 8.22. The number of aliphatic hydroxyl groups is 1. The molecule has 3 aromatic rings. The minimum atomic E-state index is -0.329. The van der Waals surface area contributed by atoms with Crippen LogP contribution >= 0.6 is 23.4 Å². The van der Waals surface area contributed by atoms with Crippen molar-refractivity contribution in [3.05, 3.63) is 39.8 Å². The van der Waals surface area contributed by atoms with E-state index < -0.39 is 0 Å². The van der Waals surface area contributed by atoms with Crippen LogP contribution in [0, 0.1) is 5.92 Å². The smallest absolute Gasteiger partial charge is 0.266 e. The number of aryl methyl sites for hydroxylation is 1. The first-order chi connectivity index (χ1) is 18.5. The summed E-state index contributed by atoms with van der Waals surface area (Å²) in [6.07, 6.45) is 6.14. The highest BCUT2D eigenvalue weighted by Crippen LogP contribution is 2.43. The van der Waals surface area contributed by atoms with Crippen LogP contribution in [0.3, 0.4) is 0 Å². The standard InChI is InChI=1S/C27H31ClN6O3S/c1-33-22-5-4-15(8-19(22)23-24(26(33)36)38-7-6-21(31-23)14-2-3-14)30-25-20(28)11-29-27(32-25)34-16-9-18(35)10-17(34)13-37-12-16/h4-5,8,11,14,16-18,21,31,35H,2-3,6-7,9-10,12-13H2,1H3,(H,29,30,32). The molecule has 3 aliphatic heterocycles. The molecule has 11 heteroatoms. The lowest BCUT2D eigenvalue weighted by Crippen LogP contribution is -2.59. The molecule has 38 heavy (non-hydrogen) atoms. The Labute approximate surface area is 229 Å². The number of piperidine rings is 1. The van der Waals surface area contributed by atoms with Crippen molar-refractivity contribution >= 4 is 57.4 Å². The molecule has 7 rings (SSSR count). The van der Waals surface area contributed by atoms with Crippen LogP contribution in [0.4, 0.5) is 23.1 Å². The molecular formula is C27H31ClN6O3S. The monoisotopic (exact) mass is 554 g/mol. The first-order valence-corrected chi connectivity index (χ1v) is 14.7. The normalized spacial score (nSPS) is 27.0. The van der Waals surface area contributed by atoms with Crippen LogP contribution < -0.4 is 21.1 Å². The van der Waals surface area contributed by atoms with Gasteiger partial charge in [-0.25, -0.2) is 4.98 Å². The fraction of sp³-hybridized carbons (Fsp3) is 0.519. The van der Waals surface area contributed by atoms with Crippen LogP contribution in [-0.2, 0) is 11.8 Å². The zero-order chi connectivity index (χ0) is 26.0. The largest absolute Gasteiger partial charge is 0.393 e. The van der Waals surface area contributed by atoms with Crippen LogP contribution in [-0.4, -0.2) is 62.8 Å². The van der Waals surface area contributed by atoms with Gasteiger partial charge in [0, 0.05) is 29.9 Å². The highest BCUT2D eigenvalue weighted by Gasteiger charge is 2.40. The zero-order valence-corrected chi connectivity index (χ0v) is 22.8. The molecule has 2 aromatic heterocycles. The summed E-state index contributed by atoms with van der Waals surface area (Å²) in [6, 6.07) is 6.48. The second kappa shape index (κ2) is 9.59. The Morgan fingerprint density at radius 1 is 1.21 bits per heavy atom. The van der Waals surface area contributed by atoms with Gasteiger partial charge in [0.25, 0.3) is 5.56 Å². The summed E-state index contributed by atoms with van der Waals surface area (Å²) in [5.41, 5.74) is 2.71. The SMILES string of the molecule is Cn1c(=O)c2c(c3cc(Nc4nc(N5C6COCC5CC(O)C6)ncc4Cl)ccc31)NC(C1CC1)CCS2. The summed E-state index contributed by atoms with van der Waals surface area (Å²) < 4.78 is 7.49. The third-order valence-corrected chi connectivity index (χ3v) is 9.65. The Hall–Kier alpha value is -2.53. The Kier molecular flexibility index (Phi) is 6.18. The summed E-state index contributed by atoms with van der Waals surface area (Å²) in [5.74, 6) is 2.75. The minimum absolute atomic E-state index is 0.0342. The molecule has 0 spiro atoms. The highest BCUT2D eigenvalue weighted by molar-refractivity contribution is 7.99. The lowest BCUT2D eigenvalue weighted by molar-refractivity contribution is 0.000353. The molecule has 4 aliphatic rings. The quantitative estimate of drug-likeness (QED) is 0.439. The van der Waals surface area contributed by atoms with E-state index in [-0.39, 0.29) is 23.7 Å². The number of benzene rings is 1. The summed E-state index contributed by atoms with van der Waals surface area (Å²) in [6.45, 7) is 1.09. The topological polar surface area (TPSA) is 105 Å². The molecular weight excluding hydrogens is 524 g/mol. The molecule has 3 fully saturated rings. The molecule has 1 aromatic carbocycles. The van der Waals surface area contributed by atoms with Gasteiger partial charge in [0.15, 0.2) is 5.82 Å². The second-order valence-electron chi connectivity index (χ2n) is 10.9. The third-order valence-electron chi connectivity index (χ3n) is 8.27. The maximum Gasteiger partial charge on any atom is 0.266 e. The van der Waals surface area contributed by atoms with Crippen molar-refractivity contribution in [2.24, 2.45) is 13.0 Å². The van der Waals surface area contributed by atoms with Crippen molar-refractivity contribution in [2.75, 3.05) is 34.5 Å². The van der Waals surface area contributed by atoms with Crippen LogP contribution in [0.5, 0.6) is 0 Å². The Balaban J connectivity index is 1.25. The molecule has 3 N–H and O–H groups in total. The summed E-state index contributed by atoms with van der Waals surface area (Å²) in [7, 11) is 1.84. The lowest BCUT2D eigenvalue weighted by Gasteiger charge is -2.47. The first kappa shape index (κ1) is 24.5. The van der Waals surface area contributed by atoms with E-state index in [0.717, 1.165) is 39.3 Å². The maximum absolute atomic E-state index is 13.2. The van der Waals surface area contributed by atoms with E-state index in [4.69, 9.17) is 21.3 Å². The number of morpholine rings is 1. The van der Waals surface area contributed by atoms with Gasteiger partial charge in [0.05, 0.1) is 53.7 Å². The number of halogens is 1. The predicted octanol–water partition coefficient (Wildman–Crippen LogP) is 4.14. The van der Waals surface area contributed by atoms with Gasteiger partial charge in [-0.15, -0.1) is 11.8 Å². The number of rotatable bonds is 4. The highest BCUT2D eigenvalue weighted by atomic mass is 35.5. The van der Waals surface area contributed by atoms with Gasteiger partial charge in [0.1, 0.15) is 5.02 Å². The molecule has 9 nitrogen and oxygen atoms in total. The van der Waals surface area contributed by atoms with E-state index in [1.54, 1.807) is 22.5 Å². The molecule has 3 unspecified atom stereocenters. The Bertz CT molecular complexity index is 1450. The first-order valence-electron chi connectivity index (χ1n) is 13.4. The van der Waals surface area contributed by atoms with Gasteiger partial charge >= 0.3 is 0 Å². The van der Waals surface area contributed by atoms with Crippen molar-refractivity contribution < 1.29 is 9.84 Å². The van der Waals surface area contributed by atoms with Crippen LogP contribution in [0.1, 0.15) is 32.1 Å². The lowest BCUT2D eigenvalue weighted by atomic mass is 9.92. The van der Waals surface area contributed by atoms with Gasteiger partial charge < -0.3 is 29.9 Å². The van der Waals surface area contributed by atoms with E-state index in [1.165, 1.54) is 12.8 Å². The zero-order valence-electron chi connectivity index (χ0n) is 21.2. The van der Waals surface area contributed by atoms with E-state index >= 15 is 0 Å². The Morgan fingerprint density at radius 2 is 2.00 bits per heavy atom. The van der Waals surface area contributed by atoms with Gasteiger partial charge in [-0.2, -0.15) is 4.98 Å².